The van der Waals surface area contributed by atoms with E-state index in [2.05, 4.69) is 0 Å². The summed E-state index contributed by atoms with van der Waals surface area (Å²) in [5.74, 6) is -1.61. The van der Waals surface area contributed by atoms with Crippen molar-refractivity contribution < 1.29 is 19.4 Å². The average Bonchev–Trinajstić information content (AvgIpc) is 2.63. The molecule has 1 saturated heterocycles. The highest BCUT2D eigenvalue weighted by atomic mass is 16.5. The van der Waals surface area contributed by atoms with Crippen molar-refractivity contribution in [2.24, 2.45) is 0 Å². The lowest BCUT2D eigenvalue weighted by atomic mass is 9.97. The van der Waals surface area contributed by atoms with Crippen molar-refractivity contribution >= 4 is 11.9 Å². The number of benzene rings is 1. The van der Waals surface area contributed by atoms with Crippen molar-refractivity contribution in [2.45, 2.75) is 26.1 Å². The fourth-order valence-corrected chi connectivity index (χ4v) is 3.56. The smallest absolute Gasteiger partial charge is 0.341 e. The molecule has 0 aliphatic carbocycles. The molecule has 134 valence electrons. The Morgan fingerprint density at radius 3 is 2.65 bits per heavy atom. The number of rotatable bonds is 2. The molecule has 1 atom stereocenters. The molecule has 7 heteroatoms. The summed E-state index contributed by atoms with van der Waals surface area (Å²) in [5, 5.41) is 9.44. The number of aromatic nitrogens is 1. The monoisotopic (exact) mass is 354 g/mol. The molecule has 0 saturated carbocycles. The molecule has 2 aromatic rings. The summed E-state index contributed by atoms with van der Waals surface area (Å²) in [5.41, 5.74) is 0.924. The van der Waals surface area contributed by atoms with E-state index in [9.17, 15) is 19.5 Å². The van der Waals surface area contributed by atoms with Gasteiger partial charge in [-0.3, -0.25) is 9.59 Å². The van der Waals surface area contributed by atoms with Crippen LogP contribution in [0.1, 0.15) is 32.8 Å². The summed E-state index contributed by atoms with van der Waals surface area (Å²) in [7, 11) is 0. The quantitative estimate of drug-likeness (QED) is 0.887. The molecule has 26 heavy (non-hydrogen) atoms. The van der Waals surface area contributed by atoms with Gasteiger partial charge >= 0.3 is 5.97 Å². The first-order valence-corrected chi connectivity index (χ1v) is 8.47. The number of aryl methyl sites for hydroxylation is 1. The number of aromatic carboxylic acids is 1. The van der Waals surface area contributed by atoms with Crippen molar-refractivity contribution in [3.05, 3.63) is 57.5 Å². The lowest BCUT2D eigenvalue weighted by Crippen LogP contribution is -2.53. The molecule has 1 aromatic carbocycles. The predicted octanol–water partition coefficient (Wildman–Crippen LogP) is 1.72. The molecule has 1 fully saturated rings. The number of carboxylic acid groups (broad SMARTS) is 1. The minimum atomic E-state index is -1.31. The molecule has 1 amide bonds. The molecule has 1 unspecified atom stereocenters. The first kappa shape index (κ1) is 16.5. The number of carbonyl (C=O) groups excluding carboxylic acids is 1. The van der Waals surface area contributed by atoms with Crippen LogP contribution in [0, 0.1) is 6.92 Å². The van der Waals surface area contributed by atoms with E-state index in [4.69, 9.17) is 4.74 Å². The topological polar surface area (TPSA) is 88.8 Å². The molecule has 7 nitrogen and oxygen atoms in total. The van der Waals surface area contributed by atoms with Crippen molar-refractivity contribution in [2.75, 3.05) is 13.2 Å². The van der Waals surface area contributed by atoms with Gasteiger partial charge in [-0.2, -0.15) is 0 Å². The number of hydrogen-bond acceptors (Lipinski definition) is 4. The van der Waals surface area contributed by atoms with Gasteiger partial charge in [0.25, 0.3) is 5.91 Å². The standard InChI is InChI=1S/C19H18N2O5/c1-11-3-5-12(6-4-11)15-16-18(23)21-7-2-8-26-14(21)10-20(16)9-13(17(15)22)19(24)25/h3-6,9,14H,2,7-8,10H2,1H3,(H,24,25). The fraction of sp³-hybridized carbons (Fsp3) is 0.316. The van der Waals surface area contributed by atoms with Crippen LogP contribution in [-0.2, 0) is 11.3 Å². The van der Waals surface area contributed by atoms with Crippen LogP contribution in [0.4, 0.5) is 0 Å². The van der Waals surface area contributed by atoms with Crippen molar-refractivity contribution in [3.8, 4) is 11.1 Å². The summed E-state index contributed by atoms with van der Waals surface area (Å²) in [4.78, 5) is 39.2. The number of hydrogen-bond donors (Lipinski definition) is 1. The minimum Gasteiger partial charge on any atom is -0.477 e. The summed E-state index contributed by atoms with van der Waals surface area (Å²) >= 11 is 0. The molecule has 1 aromatic heterocycles. The molecule has 1 N–H and O–H groups in total. The Morgan fingerprint density at radius 1 is 1.23 bits per heavy atom. The second-order valence-electron chi connectivity index (χ2n) is 6.60. The van der Waals surface area contributed by atoms with Gasteiger partial charge < -0.3 is 19.3 Å². The third-order valence-electron chi connectivity index (χ3n) is 4.87. The van der Waals surface area contributed by atoms with Crippen LogP contribution in [0.25, 0.3) is 11.1 Å². The van der Waals surface area contributed by atoms with Crippen LogP contribution in [-0.4, -0.2) is 45.8 Å². The number of amides is 1. The van der Waals surface area contributed by atoms with E-state index in [1.165, 1.54) is 6.20 Å². The predicted molar refractivity (Wildman–Crippen MR) is 93.2 cm³/mol. The maximum Gasteiger partial charge on any atom is 0.341 e. The second kappa shape index (κ2) is 6.10. The zero-order chi connectivity index (χ0) is 18.4. The molecule has 2 aliphatic rings. The largest absolute Gasteiger partial charge is 0.477 e. The lowest BCUT2D eigenvalue weighted by Gasteiger charge is -2.40. The Hall–Kier alpha value is -2.93. The Bertz CT molecular complexity index is 961. The Balaban J connectivity index is 1.99. The molecule has 2 aliphatic heterocycles. The second-order valence-corrected chi connectivity index (χ2v) is 6.60. The summed E-state index contributed by atoms with van der Waals surface area (Å²) in [6.45, 7) is 3.34. The van der Waals surface area contributed by atoms with Crippen LogP contribution in [0.15, 0.2) is 35.3 Å². The number of carbonyl (C=O) groups is 2. The van der Waals surface area contributed by atoms with E-state index in [-0.39, 0.29) is 22.7 Å². The van der Waals surface area contributed by atoms with E-state index < -0.39 is 17.6 Å². The number of ether oxygens (including phenoxy) is 1. The van der Waals surface area contributed by atoms with Gasteiger partial charge in [-0.25, -0.2) is 4.79 Å². The van der Waals surface area contributed by atoms with Gasteiger partial charge in [-0.1, -0.05) is 29.8 Å². The average molecular weight is 354 g/mol. The van der Waals surface area contributed by atoms with Crippen molar-refractivity contribution in [3.63, 3.8) is 0 Å². The molecular formula is C19H18N2O5. The highest BCUT2D eigenvalue weighted by molar-refractivity contribution is 6.01. The van der Waals surface area contributed by atoms with Gasteiger partial charge in [-0.05, 0) is 18.9 Å². The summed E-state index contributed by atoms with van der Waals surface area (Å²) in [6.07, 6.45) is 1.56. The number of carboxylic acids is 1. The highest BCUT2D eigenvalue weighted by Crippen LogP contribution is 2.29. The van der Waals surface area contributed by atoms with E-state index in [0.29, 0.717) is 25.3 Å². The van der Waals surface area contributed by atoms with E-state index >= 15 is 0 Å². The molecule has 0 bridgehead atoms. The first-order chi connectivity index (χ1) is 12.5. The van der Waals surface area contributed by atoms with Crippen LogP contribution < -0.4 is 5.43 Å². The van der Waals surface area contributed by atoms with Crippen LogP contribution in [0.3, 0.4) is 0 Å². The first-order valence-electron chi connectivity index (χ1n) is 8.47. The number of nitrogens with zero attached hydrogens (tertiary/aromatic N) is 2. The van der Waals surface area contributed by atoms with Crippen LogP contribution in [0.2, 0.25) is 0 Å². The zero-order valence-corrected chi connectivity index (χ0v) is 14.3. The zero-order valence-electron chi connectivity index (χ0n) is 14.3. The van der Waals surface area contributed by atoms with Gasteiger partial charge in [-0.15, -0.1) is 0 Å². The van der Waals surface area contributed by atoms with Crippen molar-refractivity contribution in [1.29, 1.82) is 0 Å². The number of fused-ring (bicyclic) bond motifs is 2. The van der Waals surface area contributed by atoms with Crippen LogP contribution in [0.5, 0.6) is 0 Å². The highest BCUT2D eigenvalue weighted by Gasteiger charge is 2.38. The van der Waals surface area contributed by atoms with Crippen molar-refractivity contribution in [1.82, 2.24) is 9.47 Å². The number of pyridine rings is 1. The lowest BCUT2D eigenvalue weighted by molar-refractivity contribution is -0.0917. The van der Waals surface area contributed by atoms with E-state index in [1.54, 1.807) is 21.6 Å². The Labute approximate surface area is 149 Å². The SMILES string of the molecule is Cc1ccc(-c2c3n(cc(C(=O)O)c2=O)CC2OCCCN2C3=O)cc1. The van der Waals surface area contributed by atoms with Gasteiger partial charge in [0.05, 0.1) is 18.7 Å². The van der Waals surface area contributed by atoms with Gasteiger partial charge in [0.2, 0.25) is 5.43 Å². The molecule has 4 rings (SSSR count). The van der Waals surface area contributed by atoms with Crippen LogP contribution >= 0.6 is 0 Å². The van der Waals surface area contributed by atoms with Gasteiger partial charge in [0.15, 0.2) is 6.23 Å². The minimum absolute atomic E-state index is 0.138. The normalized spacial score (nSPS) is 19.0. The van der Waals surface area contributed by atoms with E-state index in [0.717, 1.165) is 12.0 Å². The molecule has 0 spiro atoms. The maximum absolute atomic E-state index is 13.1. The third kappa shape index (κ3) is 2.52. The molecule has 0 radical (unpaired) electrons. The fourth-order valence-electron chi connectivity index (χ4n) is 3.56. The molecular weight excluding hydrogens is 336 g/mol. The maximum atomic E-state index is 13.1. The molecule has 3 heterocycles. The van der Waals surface area contributed by atoms with Gasteiger partial charge in [0, 0.05) is 12.7 Å². The van der Waals surface area contributed by atoms with E-state index in [1.807, 2.05) is 19.1 Å². The Morgan fingerprint density at radius 2 is 1.96 bits per heavy atom. The summed E-state index contributed by atoms with van der Waals surface area (Å²) < 4.78 is 7.21. The summed E-state index contributed by atoms with van der Waals surface area (Å²) in [6, 6.07) is 7.15. The van der Waals surface area contributed by atoms with Gasteiger partial charge in [0.1, 0.15) is 11.3 Å². The third-order valence-corrected chi connectivity index (χ3v) is 4.87. The Kier molecular flexibility index (Phi) is 3.88.